The maximum atomic E-state index is 10.6. The number of aliphatic hydroxyl groups is 1. The Kier molecular flexibility index (Phi) is 5.47. The second-order valence-electron chi connectivity index (χ2n) is 6.24. The largest absolute Gasteiger partial charge is 0.388 e. The fraction of sp³-hybridized carbons (Fsp3) is 0.389. The molecule has 4 rings (SSSR count). The average molecular weight is 395 g/mol. The van der Waals surface area contributed by atoms with Gasteiger partial charge in [-0.25, -0.2) is 0 Å². The molecule has 0 amide bonds. The fourth-order valence-electron chi connectivity index (χ4n) is 3.10. The van der Waals surface area contributed by atoms with Crippen LogP contribution in [-0.2, 0) is 14.2 Å². The molecule has 8 heteroatoms. The molecule has 2 fully saturated rings. The molecule has 0 bridgehead atoms. The van der Waals surface area contributed by atoms with Gasteiger partial charge in [0.15, 0.2) is 6.29 Å². The number of halogens is 1. The van der Waals surface area contributed by atoms with Crippen LogP contribution in [0.4, 0.5) is 0 Å². The van der Waals surface area contributed by atoms with Crippen molar-refractivity contribution in [2.45, 2.75) is 41.0 Å². The van der Waals surface area contributed by atoms with Crippen molar-refractivity contribution in [1.82, 2.24) is 4.98 Å². The number of aliphatic hydroxyl groups excluding tert-OH is 1. The summed E-state index contributed by atoms with van der Waals surface area (Å²) in [6.07, 6.45) is 1.02. The molecule has 1 aromatic heterocycles. The molecule has 2 aromatic rings. The molecule has 0 spiro atoms. The Morgan fingerprint density at radius 1 is 1.19 bits per heavy atom. The van der Waals surface area contributed by atoms with E-state index in [1.807, 2.05) is 30.3 Å². The number of aromatic nitrogens is 1. The standard InChI is InChI=1S/C18H19ClN2O4S/c19-11-6-12(8-21-7-11)26-18-15(22)14(20)16-13(24-18)9-23-17(25-16)10-4-2-1-3-5-10/h1-8,13-18,22H,9,20H2. The van der Waals surface area contributed by atoms with Crippen LogP contribution in [-0.4, -0.2) is 46.5 Å². The molecular formula is C18H19ClN2O4S. The highest BCUT2D eigenvalue weighted by atomic mass is 35.5. The molecule has 3 N–H and O–H groups in total. The van der Waals surface area contributed by atoms with E-state index in [4.69, 9.17) is 31.5 Å². The zero-order valence-electron chi connectivity index (χ0n) is 13.8. The van der Waals surface area contributed by atoms with Crippen molar-refractivity contribution in [3.8, 4) is 0 Å². The summed E-state index contributed by atoms with van der Waals surface area (Å²) in [5.41, 5.74) is 6.64. The van der Waals surface area contributed by atoms with E-state index in [0.717, 1.165) is 10.5 Å². The van der Waals surface area contributed by atoms with Gasteiger partial charge in [-0.1, -0.05) is 53.7 Å². The summed E-state index contributed by atoms with van der Waals surface area (Å²) in [6.45, 7) is 0.343. The zero-order chi connectivity index (χ0) is 18.1. The molecular weight excluding hydrogens is 376 g/mol. The topological polar surface area (TPSA) is 86.8 Å². The minimum absolute atomic E-state index is 0.343. The monoisotopic (exact) mass is 394 g/mol. The van der Waals surface area contributed by atoms with Gasteiger partial charge in [0.2, 0.25) is 0 Å². The first-order chi connectivity index (χ1) is 12.6. The number of pyridine rings is 1. The van der Waals surface area contributed by atoms with Crippen LogP contribution >= 0.6 is 23.4 Å². The number of thioether (sulfide) groups is 1. The summed E-state index contributed by atoms with van der Waals surface area (Å²) >= 11 is 7.30. The molecule has 138 valence electrons. The van der Waals surface area contributed by atoms with E-state index < -0.39 is 30.0 Å². The zero-order valence-corrected chi connectivity index (χ0v) is 15.3. The van der Waals surface area contributed by atoms with Crippen LogP contribution in [0, 0.1) is 0 Å². The van der Waals surface area contributed by atoms with Crippen LogP contribution in [0.2, 0.25) is 5.02 Å². The molecule has 1 aromatic carbocycles. The summed E-state index contributed by atoms with van der Waals surface area (Å²) in [5, 5.41) is 11.1. The second kappa shape index (κ2) is 7.82. The maximum Gasteiger partial charge on any atom is 0.184 e. The Balaban J connectivity index is 1.46. The van der Waals surface area contributed by atoms with E-state index in [1.165, 1.54) is 11.8 Å². The minimum atomic E-state index is -0.894. The molecule has 26 heavy (non-hydrogen) atoms. The number of hydrogen-bond acceptors (Lipinski definition) is 7. The van der Waals surface area contributed by atoms with Crippen molar-refractivity contribution in [2.24, 2.45) is 5.73 Å². The third kappa shape index (κ3) is 3.75. The lowest BCUT2D eigenvalue weighted by Gasteiger charge is -2.46. The lowest BCUT2D eigenvalue weighted by molar-refractivity contribution is -0.297. The molecule has 6 atom stereocenters. The van der Waals surface area contributed by atoms with Gasteiger partial charge in [-0.2, -0.15) is 0 Å². The Morgan fingerprint density at radius 2 is 2.00 bits per heavy atom. The molecule has 6 unspecified atom stereocenters. The number of ether oxygens (including phenoxy) is 3. The van der Waals surface area contributed by atoms with Crippen LogP contribution in [0.1, 0.15) is 11.9 Å². The van der Waals surface area contributed by atoms with Crippen LogP contribution in [0.5, 0.6) is 0 Å². The van der Waals surface area contributed by atoms with Gasteiger partial charge in [-0.3, -0.25) is 4.98 Å². The Morgan fingerprint density at radius 3 is 2.77 bits per heavy atom. The smallest absolute Gasteiger partial charge is 0.184 e. The minimum Gasteiger partial charge on any atom is -0.388 e. The van der Waals surface area contributed by atoms with Crippen LogP contribution in [0.3, 0.4) is 0 Å². The first kappa shape index (κ1) is 18.2. The van der Waals surface area contributed by atoms with Gasteiger partial charge in [0.05, 0.1) is 17.7 Å². The van der Waals surface area contributed by atoms with Gasteiger partial charge in [0, 0.05) is 22.9 Å². The highest BCUT2D eigenvalue weighted by Crippen LogP contribution is 2.38. The first-order valence-corrected chi connectivity index (χ1v) is 9.56. The summed E-state index contributed by atoms with van der Waals surface area (Å²) in [7, 11) is 0. The van der Waals surface area contributed by atoms with E-state index in [9.17, 15) is 5.11 Å². The summed E-state index contributed by atoms with van der Waals surface area (Å²) in [6, 6.07) is 10.8. The fourth-order valence-corrected chi connectivity index (χ4v) is 4.45. The van der Waals surface area contributed by atoms with E-state index in [0.29, 0.717) is 11.6 Å². The predicted molar refractivity (Wildman–Crippen MR) is 97.8 cm³/mol. The molecule has 3 heterocycles. The van der Waals surface area contributed by atoms with Crippen LogP contribution in [0.15, 0.2) is 53.7 Å². The summed E-state index contributed by atoms with van der Waals surface area (Å²) in [5.74, 6) is 0. The maximum absolute atomic E-state index is 10.6. The highest BCUT2D eigenvalue weighted by molar-refractivity contribution is 7.99. The molecule has 2 aliphatic rings. The van der Waals surface area contributed by atoms with Crippen molar-refractivity contribution in [3.63, 3.8) is 0 Å². The highest BCUT2D eigenvalue weighted by Gasteiger charge is 2.48. The quantitative estimate of drug-likeness (QED) is 0.826. The number of nitrogens with zero attached hydrogens (tertiary/aromatic N) is 1. The van der Waals surface area contributed by atoms with E-state index in [-0.39, 0.29) is 6.10 Å². The van der Waals surface area contributed by atoms with Crippen LogP contribution < -0.4 is 5.73 Å². The van der Waals surface area contributed by atoms with Crippen molar-refractivity contribution >= 4 is 23.4 Å². The molecule has 6 nitrogen and oxygen atoms in total. The molecule has 0 saturated carbocycles. The second-order valence-corrected chi connectivity index (χ2v) is 7.85. The van der Waals surface area contributed by atoms with Crippen molar-refractivity contribution in [1.29, 1.82) is 0 Å². The van der Waals surface area contributed by atoms with Crippen molar-refractivity contribution in [2.75, 3.05) is 6.61 Å². The van der Waals surface area contributed by atoms with Gasteiger partial charge >= 0.3 is 0 Å². The summed E-state index contributed by atoms with van der Waals surface area (Å²) < 4.78 is 17.8. The predicted octanol–water partition coefficient (Wildman–Crippen LogP) is 2.35. The van der Waals surface area contributed by atoms with Crippen molar-refractivity contribution < 1.29 is 19.3 Å². The third-order valence-corrected chi connectivity index (χ3v) is 5.75. The molecule has 0 radical (unpaired) electrons. The number of hydrogen-bond donors (Lipinski definition) is 2. The summed E-state index contributed by atoms with van der Waals surface area (Å²) in [4.78, 5) is 4.85. The van der Waals surface area contributed by atoms with E-state index in [1.54, 1.807) is 18.5 Å². The number of nitrogens with two attached hydrogens (primary N) is 1. The molecule has 0 aliphatic carbocycles. The third-order valence-electron chi connectivity index (χ3n) is 4.42. The van der Waals surface area contributed by atoms with Gasteiger partial charge in [-0.15, -0.1) is 0 Å². The normalized spacial score (nSPS) is 34.3. The number of rotatable bonds is 3. The van der Waals surface area contributed by atoms with Gasteiger partial charge < -0.3 is 25.1 Å². The lowest BCUT2D eigenvalue weighted by Crippen LogP contribution is -2.64. The lowest BCUT2D eigenvalue weighted by atomic mass is 9.97. The number of benzene rings is 1. The van der Waals surface area contributed by atoms with E-state index in [2.05, 4.69) is 4.98 Å². The SMILES string of the molecule is NC1C(O)C(Sc2cncc(Cl)c2)OC2COC(c3ccccc3)OC21. The number of fused-ring (bicyclic) bond motifs is 1. The first-order valence-electron chi connectivity index (χ1n) is 8.30. The van der Waals surface area contributed by atoms with Gasteiger partial charge in [0.25, 0.3) is 0 Å². The Hall–Kier alpha value is -1.19. The van der Waals surface area contributed by atoms with Gasteiger partial charge in [-0.05, 0) is 6.07 Å². The Bertz CT molecular complexity index is 751. The Labute approximate surface area is 160 Å². The average Bonchev–Trinajstić information content (AvgIpc) is 2.66. The van der Waals surface area contributed by atoms with Gasteiger partial charge in [0.1, 0.15) is 23.7 Å². The molecule has 2 saturated heterocycles. The van der Waals surface area contributed by atoms with Crippen molar-refractivity contribution in [3.05, 3.63) is 59.4 Å². The molecule has 2 aliphatic heterocycles. The van der Waals surface area contributed by atoms with E-state index >= 15 is 0 Å². The van der Waals surface area contributed by atoms with Crippen LogP contribution in [0.25, 0.3) is 0 Å².